The molecule has 122 valence electrons. The highest BCUT2D eigenvalue weighted by molar-refractivity contribution is 5.84. The molecular weight excluding hydrogens is 292 g/mol. The van der Waals surface area contributed by atoms with Crippen molar-refractivity contribution in [1.29, 1.82) is 0 Å². The molecule has 0 heterocycles. The van der Waals surface area contributed by atoms with Crippen molar-refractivity contribution < 1.29 is 19.7 Å². The number of hydrogen-bond donors (Lipinski definition) is 2. The van der Waals surface area contributed by atoms with Gasteiger partial charge in [-0.25, -0.2) is 0 Å². The Labute approximate surface area is 136 Å². The Bertz CT molecular complexity index is 709. The third-order valence-electron chi connectivity index (χ3n) is 3.91. The van der Waals surface area contributed by atoms with E-state index in [0.717, 1.165) is 11.1 Å². The van der Waals surface area contributed by atoms with Crippen LogP contribution in [-0.4, -0.2) is 22.8 Å². The SMILES string of the molecule is CCOC(=O)C(C)(C)c1cc(O)c(-c2cccc(C)c2)c(O)c1. The molecule has 0 fully saturated rings. The van der Waals surface area contributed by atoms with Gasteiger partial charge in [-0.2, -0.15) is 0 Å². The minimum Gasteiger partial charge on any atom is -0.507 e. The summed E-state index contributed by atoms with van der Waals surface area (Å²) in [7, 11) is 0. The molecule has 0 saturated carbocycles. The minimum atomic E-state index is -0.962. The number of phenolic OH excluding ortho intramolecular Hbond substituents is 2. The maximum Gasteiger partial charge on any atom is 0.315 e. The van der Waals surface area contributed by atoms with Crippen molar-refractivity contribution in [3.05, 3.63) is 47.5 Å². The summed E-state index contributed by atoms with van der Waals surface area (Å²) in [6.07, 6.45) is 0. The van der Waals surface area contributed by atoms with E-state index in [0.29, 0.717) is 11.1 Å². The molecule has 0 atom stereocenters. The Kier molecular flexibility index (Phi) is 4.64. The smallest absolute Gasteiger partial charge is 0.315 e. The zero-order valence-corrected chi connectivity index (χ0v) is 13.9. The van der Waals surface area contributed by atoms with E-state index in [1.807, 2.05) is 31.2 Å². The summed E-state index contributed by atoms with van der Waals surface area (Å²) in [5.74, 6) is -0.534. The molecule has 23 heavy (non-hydrogen) atoms. The summed E-state index contributed by atoms with van der Waals surface area (Å²) in [4.78, 5) is 12.1. The van der Waals surface area contributed by atoms with Gasteiger partial charge in [-0.05, 0) is 51.0 Å². The van der Waals surface area contributed by atoms with Gasteiger partial charge in [0.15, 0.2) is 0 Å². The average molecular weight is 314 g/mol. The maximum absolute atomic E-state index is 12.1. The molecule has 0 saturated heterocycles. The van der Waals surface area contributed by atoms with Crippen LogP contribution in [0.5, 0.6) is 11.5 Å². The topological polar surface area (TPSA) is 66.8 Å². The molecule has 0 spiro atoms. The molecule has 0 amide bonds. The number of aromatic hydroxyl groups is 2. The van der Waals surface area contributed by atoms with Crippen molar-refractivity contribution in [2.75, 3.05) is 6.61 Å². The number of carbonyl (C=O) groups excluding carboxylic acids is 1. The van der Waals surface area contributed by atoms with Crippen molar-refractivity contribution in [2.24, 2.45) is 0 Å². The molecule has 0 unspecified atom stereocenters. The second kappa shape index (κ2) is 6.32. The van der Waals surface area contributed by atoms with Gasteiger partial charge < -0.3 is 14.9 Å². The monoisotopic (exact) mass is 314 g/mol. The van der Waals surface area contributed by atoms with Gasteiger partial charge in [0.1, 0.15) is 11.5 Å². The fraction of sp³-hybridized carbons (Fsp3) is 0.316. The normalized spacial score (nSPS) is 11.3. The van der Waals surface area contributed by atoms with E-state index < -0.39 is 11.4 Å². The number of aryl methyl sites for hydroxylation is 1. The molecule has 0 bridgehead atoms. The zero-order valence-electron chi connectivity index (χ0n) is 13.9. The number of rotatable bonds is 4. The van der Waals surface area contributed by atoms with Gasteiger partial charge in [0.2, 0.25) is 0 Å². The summed E-state index contributed by atoms with van der Waals surface area (Å²) in [6, 6.07) is 10.5. The minimum absolute atomic E-state index is 0.0667. The maximum atomic E-state index is 12.1. The molecule has 2 rings (SSSR count). The molecule has 0 aliphatic rings. The summed E-state index contributed by atoms with van der Waals surface area (Å²) in [6.45, 7) is 7.36. The van der Waals surface area contributed by atoms with Gasteiger partial charge in [0.25, 0.3) is 0 Å². The Hall–Kier alpha value is -2.49. The second-order valence-corrected chi connectivity index (χ2v) is 6.10. The molecule has 4 heteroatoms. The number of ether oxygens (including phenoxy) is 1. The molecule has 2 aromatic rings. The number of phenols is 2. The quantitative estimate of drug-likeness (QED) is 0.840. The third-order valence-corrected chi connectivity index (χ3v) is 3.91. The molecule has 0 aromatic heterocycles. The lowest BCUT2D eigenvalue weighted by Crippen LogP contribution is -2.31. The predicted molar refractivity (Wildman–Crippen MR) is 89.6 cm³/mol. The predicted octanol–water partition coefficient (Wildman–Crippen LogP) is 3.91. The van der Waals surface area contributed by atoms with Gasteiger partial charge in [0.05, 0.1) is 17.6 Å². The van der Waals surface area contributed by atoms with Gasteiger partial charge >= 0.3 is 5.97 Å². The molecular formula is C19H22O4. The number of esters is 1. The molecule has 0 radical (unpaired) electrons. The average Bonchev–Trinajstić information content (AvgIpc) is 2.46. The third kappa shape index (κ3) is 3.31. The highest BCUT2D eigenvalue weighted by atomic mass is 16.5. The fourth-order valence-corrected chi connectivity index (χ4v) is 2.50. The van der Waals surface area contributed by atoms with E-state index >= 15 is 0 Å². The van der Waals surface area contributed by atoms with Crippen molar-refractivity contribution in [3.63, 3.8) is 0 Å². The van der Waals surface area contributed by atoms with Crippen molar-refractivity contribution in [1.82, 2.24) is 0 Å². The van der Waals surface area contributed by atoms with Crippen LogP contribution in [0.15, 0.2) is 36.4 Å². The van der Waals surface area contributed by atoms with Crippen LogP contribution in [0.4, 0.5) is 0 Å². The number of benzene rings is 2. The number of carbonyl (C=O) groups is 1. The highest BCUT2D eigenvalue weighted by Gasteiger charge is 2.33. The first-order valence-electron chi connectivity index (χ1n) is 7.58. The van der Waals surface area contributed by atoms with E-state index in [1.165, 1.54) is 12.1 Å². The first kappa shape index (κ1) is 16.9. The molecule has 2 aromatic carbocycles. The van der Waals surface area contributed by atoms with E-state index in [4.69, 9.17) is 4.74 Å². The highest BCUT2D eigenvalue weighted by Crippen LogP contribution is 2.41. The van der Waals surface area contributed by atoms with Crippen LogP contribution >= 0.6 is 0 Å². The summed E-state index contributed by atoms with van der Waals surface area (Å²) >= 11 is 0. The summed E-state index contributed by atoms with van der Waals surface area (Å²) in [5, 5.41) is 20.8. The Morgan fingerprint density at radius 2 is 1.74 bits per heavy atom. The van der Waals surface area contributed by atoms with Crippen LogP contribution in [0.25, 0.3) is 11.1 Å². The summed E-state index contributed by atoms with van der Waals surface area (Å²) < 4.78 is 5.07. The van der Waals surface area contributed by atoms with Crippen LogP contribution in [0.2, 0.25) is 0 Å². The van der Waals surface area contributed by atoms with E-state index in [-0.39, 0.29) is 18.1 Å². The standard InChI is InChI=1S/C19H22O4/c1-5-23-18(22)19(3,4)14-10-15(20)17(16(21)11-14)13-8-6-7-12(2)9-13/h6-11,20-21H,5H2,1-4H3. The van der Waals surface area contributed by atoms with Crippen molar-refractivity contribution in [2.45, 2.75) is 33.1 Å². The van der Waals surface area contributed by atoms with Crippen LogP contribution in [-0.2, 0) is 14.9 Å². The van der Waals surface area contributed by atoms with Crippen LogP contribution in [0.1, 0.15) is 31.9 Å². The van der Waals surface area contributed by atoms with Gasteiger partial charge in [-0.3, -0.25) is 4.79 Å². The lowest BCUT2D eigenvalue weighted by molar-refractivity contribution is -0.148. The van der Waals surface area contributed by atoms with Crippen LogP contribution in [0.3, 0.4) is 0 Å². The molecule has 0 aliphatic carbocycles. The lowest BCUT2D eigenvalue weighted by Gasteiger charge is -2.24. The first-order chi connectivity index (χ1) is 10.8. The van der Waals surface area contributed by atoms with E-state index in [1.54, 1.807) is 20.8 Å². The van der Waals surface area contributed by atoms with E-state index in [2.05, 4.69) is 0 Å². The largest absolute Gasteiger partial charge is 0.507 e. The van der Waals surface area contributed by atoms with Crippen molar-refractivity contribution >= 4 is 5.97 Å². The summed E-state index contributed by atoms with van der Waals surface area (Å²) in [5.41, 5.74) is 1.65. The Morgan fingerprint density at radius 3 is 2.26 bits per heavy atom. The lowest BCUT2D eigenvalue weighted by atomic mass is 9.83. The first-order valence-corrected chi connectivity index (χ1v) is 7.58. The molecule has 4 nitrogen and oxygen atoms in total. The Morgan fingerprint density at radius 1 is 1.13 bits per heavy atom. The molecule has 2 N–H and O–H groups in total. The number of hydrogen-bond acceptors (Lipinski definition) is 4. The second-order valence-electron chi connectivity index (χ2n) is 6.10. The van der Waals surface area contributed by atoms with Crippen molar-refractivity contribution in [3.8, 4) is 22.6 Å². The Balaban J connectivity index is 2.51. The fourth-order valence-electron chi connectivity index (χ4n) is 2.50. The van der Waals surface area contributed by atoms with Crippen LogP contribution < -0.4 is 0 Å². The molecule has 0 aliphatic heterocycles. The van der Waals surface area contributed by atoms with E-state index in [9.17, 15) is 15.0 Å². The van der Waals surface area contributed by atoms with Gasteiger partial charge in [-0.1, -0.05) is 29.8 Å². The zero-order chi connectivity index (χ0) is 17.2. The van der Waals surface area contributed by atoms with Gasteiger partial charge in [0, 0.05) is 0 Å². The van der Waals surface area contributed by atoms with Gasteiger partial charge in [-0.15, -0.1) is 0 Å². The van der Waals surface area contributed by atoms with Crippen LogP contribution in [0, 0.1) is 6.92 Å².